The van der Waals surface area contributed by atoms with Crippen LogP contribution in [0.1, 0.15) is 17.4 Å². The van der Waals surface area contributed by atoms with Crippen LogP contribution in [0.4, 0.5) is 4.39 Å². The first-order chi connectivity index (χ1) is 5.68. The summed E-state index contributed by atoms with van der Waals surface area (Å²) < 4.78 is 17.6. The zero-order chi connectivity index (χ0) is 8.72. The SMILES string of the molecule is CC(=O)c1cc2occ(F)c2[nH]1. The summed E-state index contributed by atoms with van der Waals surface area (Å²) in [6.45, 7) is 1.41. The molecule has 0 atom stereocenters. The number of fused-ring (bicyclic) bond motifs is 1. The summed E-state index contributed by atoms with van der Waals surface area (Å²) >= 11 is 0. The van der Waals surface area contributed by atoms with Crippen LogP contribution in [-0.2, 0) is 0 Å². The van der Waals surface area contributed by atoms with Crippen molar-refractivity contribution in [3.8, 4) is 0 Å². The summed E-state index contributed by atoms with van der Waals surface area (Å²) in [6.07, 6.45) is 1.01. The number of carbonyl (C=O) groups excluding carboxylic acids is 1. The van der Waals surface area contributed by atoms with E-state index in [-0.39, 0.29) is 11.3 Å². The molecular weight excluding hydrogens is 161 g/mol. The smallest absolute Gasteiger partial charge is 0.185 e. The maximum absolute atomic E-state index is 12.8. The van der Waals surface area contributed by atoms with E-state index in [1.165, 1.54) is 13.0 Å². The second-order valence-electron chi connectivity index (χ2n) is 2.56. The van der Waals surface area contributed by atoms with Crippen LogP contribution >= 0.6 is 0 Å². The minimum absolute atomic E-state index is 0.138. The van der Waals surface area contributed by atoms with E-state index in [0.29, 0.717) is 11.3 Å². The molecule has 62 valence electrons. The van der Waals surface area contributed by atoms with Gasteiger partial charge in [0.2, 0.25) is 0 Å². The van der Waals surface area contributed by atoms with Gasteiger partial charge in [0.1, 0.15) is 11.8 Å². The second-order valence-corrected chi connectivity index (χ2v) is 2.56. The van der Waals surface area contributed by atoms with Crippen molar-refractivity contribution in [2.24, 2.45) is 0 Å². The number of furan rings is 1. The van der Waals surface area contributed by atoms with Gasteiger partial charge in [-0.15, -0.1) is 0 Å². The van der Waals surface area contributed by atoms with Gasteiger partial charge in [-0.2, -0.15) is 0 Å². The molecule has 0 aromatic carbocycles. The molecule has 2 rings (SSSR count). The predicted molar refractivity (Wildman–Crippen MR) is 40.5 cm³/mol. The summed E-state index contributed by atoms with van der Waals surface area (Å²) in [6, 6.07) is 1.49. The highest BCUT2D eigenvalue weighted by Crippen LogP contribution is 2.20. The quantitative estimate of drug-likeness (QED) is 0.661. The fraction of sp³-hybridized carbons (Fsp3) is 0.125. The van der Waals surface area contributed by atoms with Crippen LogP contribution in [0.15, 0.2) is 16.7 Å². The third-order valence-corrected chi connectivity index (χ3v) is 1.69. The lowest BCUT2D eigenvalue weighted by Crippen LogP contribution is -1.90. The number of aromatic amines is 1. The van der Waals surface area contributed by atoms with Crippen molar-refractivity contribution in [1.29, 1.82) is 0 Å². The highest BCUT2D eigenvalue weighted by molar-refractivity contribution is 5.96. The van der Waals surface area contributed by atoms with Gasteiger partial charge in [0.25, 0.3) is 0 Å². The van der Waals surface area contributed by atoms with Crippen molar-refractivity contribution in [1.82, 2.24) is 4.98 Å². The molecule has 4 heteroatoms. The Balaban J connectivity index is 2.70. The molecule has 1 N–H and O–H groups in total. The van der Waals surface area contributed by atoms with Crippen molar-refractivity contribution in [2.45, 2.75) is 6.92 Å². The highest BCUT2D eigenvalue weighted by atomic mass is 19.1. The normalized spacial score (nSPS) is 10.8. The van der Waals surface area contributed by atoms with Gasteiger partial charge in [0, 0.05) is 13.0 Å². The standard InChI is InChI=1S/C8H6FNO2/c1-4(11)6-2-7-8(10-6)5(9)3-12-7/h2-3,10H,1H3. The van der Waals surface area contributed by atoms with Crippen LogP contribution in [-0.4, -0.2) is 10.8 Å². The molecule has 0 aliphatic heterocycles. The number of halogens is 1. The topological polar surface area (TPSA) is 46.0 Å². The molecule has 0 fully saturated rings. The highest BCUT2D eigenvalue weighted by Gasteiger charge is 2.11. The summed E-state index contributed by atoms with van der Waals surface area (Å²) in [5, 5.41) is 0. The van der Waals surface area contributed by atoms with E-state index in [0.717, 1.165) is 6.26 Å². The third kappa shape index (κ3) is 0.845. The zero-order valence-corrected chi connectivity index (χ0v) is 6.35. The monoisotopic (exact) mass is 167 g/mol. The first-order valence-electron chi connectivity index (χ1n) is 3.45. The van der Waals surface area contributed by atoms with Crippen LogP contribution in [0, 0.1) is 5.82 Å². The largest absolute Gasteiger partial charge is 0.459 e. The first kappa shape index (κ1) is 7.09. The number of carbonyl (C=O) groups is 1. The number of hydrogen-bond donors (Lipinski definition) is 1. The Morgan fingerprint density at radius 3 is 3.00 bits per heavy atom. The number of aromatic nitrogens is 1. The van der Waals surface area contributed by atoms with Crippen molar-refractivity contribution in [3.05, 3.63) is 23.8 Å². The second kappa shape index (κ2) is 2.20. The fourth-order valence-corrected chi connectivity index (χ4v) is 1.07. The van der Waals surface area contributed by atoms with Crippen LogP contribution in [0.2, 0.25) is 0 Å². The van der Waals surface area contributed by atoms with Gasteiger partial charge < -0.3 is 9.40 Å². The van der Waals surface area contributed by atoms with Crippen LogP contribution in [0.25, 0.3) is 11.1 Å². The molecule has 0 saturated carbocycles. The predicted octanol–water partition coefficient (Wildman–Crippen LogP) is 2.10. The van der Waals surface area contributed by atoms with Crippen LogP contribution in [0.5, 0.6) is 0 Å². The molecular formula is C8H6FNO2. The lowest BCUT2D eigenvalue weighted by Gasteiger charge is -1.84. The molecule has 0 aliphatic rings. The number of Topliss-reactive ketones (excluding diaryl/α,β-unsaturated/α-hetero) is 1. The first-order valence-corrected chi connectivity index (χ1v) is 3.45. The Morgan fingerprint density at radius 2 is 2.42 bits per heavy atom. The molecule has 0 saturated heterocycles. The third-order valence-electron chi connectivity index (χ3n) is 1.69. The van der Waals surface area contributed by atoms with Gasteiger partial charge in [-0.05, 0) is 0 Å². The van der Waals surface area contributed by atoms with Gasteiger partial charge in [-0.3, -0.25) is 4.79 Å². The number of H-pyrrole nitrogens is 1. The molecule has 0 aliphatic carbocycles. The van der Waals surface area contributed by atoms with Gasteiger partial charge >= 0.3 is 0 Å². The molecule has 2 aromatic heterocycles. The van der Waals surface area contributed by atoms with E-state index in [4.69, 9.17) is 4.42 Å². The Labute approximate surface area is 67.2 Å². The molecule has 0 bridgehead atoms. The molecule has 0 radical (unpaired) electrons. The number of rotatable bonds is 1. The number of ketones is 1. The molecule has 12 heavy (non-hydrogen) atoms. The zero-order valence-electron chi connectivity index (χ0n) is 6.35. The van der Waals surface area contributed by atoms with Gasteiger partial charge in [0.05, 0.1) is 5.69 Å². The van der Waals surface area contributed by atoms with Crippen LogP contribution in [0.3, 0.4) is 0 Å². The summed E-state index contributed by atoms with van der Waals surface area (Å²) in [4.78, 5) is 13.5. The minimum atomic E-state index is -0.475. The Kier molecular flexibility index (Phi) is 1.30. The van der Waals surface area contributed by atoms with Crippen molar-refractivity contribution >= 4 is 16.9 Å². The van der Waals surface area contributed by atoms with E-state index in [9.17, 15) is 9.18 Å². The van der Waals surface area contributed by atoms with E-state index in [1.807, 2.05) is 0 Å². The van der Waals surface area contributed by atoms with Crippen molar-refractivity contribution in [2.75, 3.05) is 0 Å². The number of nitrogens with one attached hydrogen (secondary N) is 1. The Morgan fingerprint density at radius 1 is 1.67 bits per heavy atom. The molecule has 3 nitrogen and oxygen atoms in total. The Bertz CT molecular complexity index is 441. The maximum atomic E-state index is 12.8. The van der Waals surface area contributed by atoms with Gasteiger partial charge in [-0.25, -0.2) is 4.39 Å². The van der Waals surface area contributed by atoms with Gasteiger partial charge in [-0.1, -0.05) is 0 Å². The van der Waals surface area contributed by atoms with E-state index in [1.54, 1.807) is 0 Å². The maximum Gasteiger partial charge on any atom is 0.185 e. The Hall–Kier alpha value is -1.58. The van der Waals surface area contributed by atoms with E-state index in [2.05, 4.69) is 4.98 Å². The molecule has 0 amide bonds. The summed E-state index contributed by atoms with van der Waals surface area (Å²) in [5.74, 6) is -0.613. The minimum Gasteiger partial charge on any atom is -0.459 e. The fourth-order valence-electron chi connectivity index (χ4n) is 1.07. The van der Waals surface area contributed by atoms with Crippen LogP contribution < -0.4 is 0 Å². The van der Waals surface area contributed by atoms with E-state index >= 15 is 0 Å². The number of hydrogen-bond acceptors (Lipinski definition) is 2. The average Bonchev–Trinajstić information content (AvgIpc) is 2.53. The molecule has 2 heterocycles. The molecule has 2 aromatic rings. The van der Waals surface area contributed by atoms with Crippen molar-refractivity contribution < 1.29 is 13.6 Å². The lowest BCUT2D eigenvalue weighted by atomic mass is 10.3. The summed E-state index contributed by atoms with van der Waals surface area (Å²) in [7, 11) is 0. The van der Waals surface area contributed by atoms with E-state index < -0.39 is 5.82 Å². The molecule has 0 unspecified atom stereocenters. The summed E-state index contributed by atoms with van der Waals surface area (Å²) in [5.41, 5.74) is 0.987. The lowest BCUT2D eigenvalue weighted by molar-refractivity contribution is 0.101. The average molecular weight is 167 g/mol. The van der Waals surface area contributed by atoms with Gasteiger partial charge in [0.15, 0.2) is 17.2 Å². The molecule has 0 spiro atoms. The van der Waals surface area contributed by atoms with Crippen molar-refractivity contribution in [3.63, 3.8) is 0 Å².